The van der Waals surface area contributed by atoms with Crippen molar-refractivity contribution in [2.45, 2.75) is 30.8 Å². The minimum Gasteiger partial charge on any atom is -0.390 e. The average molecular weight is 345 g/mol. The Labute approximate surface area is 154 Å². The van der Waals surface area contributed by atoms with Gasteiger partial charge in [0.15, 0.2) is 0 Å². The normalized spacial score (nSPS) is 22.3. The molecule has 2 aromatic carbocycles. The molecule has 2 aromatic rings. The van der Waals surface area contributed by atoms with Gasteiger partial charge in [0, 0.05) is 26.1 Å². The zero-order valence-electron chi connectivity index (χ0n) is 14.8. The third-order valence-corrected chi connectivity index (χ3v) is 5.55. The van der Waals surface area contributed by atoms with Gasteiger partial charge in [-0.3, -0.25) is 4.90 Å². The van der Waals surface area contributed by atoms with Crippen LogP contribution in [0, 0.1) is 11.3 Å². The summed E-state index contributed by atoms with van der Waals surface area (Å²) in [4.78, 5) is 8.08. The summed E-state index contributed by atoms with van der Waals surface area (Å²) in [7, 11) is 0. The fourth-order valence-corrected chi connectivity index (χ4v) is 3.95. The topological polar surface area (TPSA) is 48.6 Å². The predicted molar refractivity (Wildman–Crippen MR) is 102 cm³/mol. The Morgan fingerprint density at radius 1 is 1.04 bits per heavy atom. The number of hydrogen-bond donors (Lipinski definition) is 0. The molecule has 0 bridgehead atoms. The molecule has 2 aliphatic rings. The van der Waals surface area contributed by atoms with Gasteiger partial charge >= 0.3 is 0 Å². The lowest BCUT2D eigenvalue weighted by Crippen LogP contribution is -2.44. The van der Waals surface area contributed by atoms with E-state index in [1.54, 1.807) is 0 Å². The van der Waals surface area contributed by atoms with Gasteiger partial charge in [0.25, 0.3) is 0 Å². The third kappa shape index (κ3) is 3.36. The molecule has 0 spiro atoms. The minimum atomic E-state index is -0.347. The first-order valence-corrected chi connectivity index (χ1v) is 9.26. The minimum absolute atomic E-state index is 0.108. The second-order valence-electron chi connectivity index (χ2n) is 7.20. The van der Waals surface area contributed by atoms with Gasteiger partial charge in [-0.1, -0.05) is 65.8 Å². The van der Waals surface area contributed by atoms with Crippen molar-refractivity contribution >= 4 is 5.71 Å². The van der Waals surface area contributed by atoms with E-state index in [9.17, 15) is 5.26 Å². The van der Waals surface area contributed by atoms with Crippen LogP contribution in [-0.4, -0.2) is 36.3 Å². The zero-order valence-corrected chi connectivity index (χ0v) is 14.8. The summed E-state index contributed by atoms with van der Waals surface area (Å²) in [5.74, 6) is 0. The third-order valence-electron chi connectivity index (χ3n) is 5.55. The highest BCUT2D eigenvalue weighted by Gasteiger charge is 2.37. The van der Waals surface area contributed by atoms with E-state index in [-0.39, 0.29) is 11.5 Å². The number of hydrogen-bond acceptors (Lipinski definition) is 4. The highest BCUT2D eigenvalue weighted by molar-refractivity contribution is 6.01. The number of piperidine rings is 1. The number of nitriles is 1. The van der Waals surface area contributed by atoms with E-state index in [2.05, 4.69) is 40.4 Å². The molecule has 1 unspecified atom stereocenters. The van der Waals surface area contributed by atoms with E-state index in [1.165, 1.54) is 0 Å². The van der Waals surface area contributed by atoms with Crippen molar-refractivity contribution in [1.82, 2.24) is 4.90 Å². The Morgan fingerprint density at radius 2 is 1.69 bits per heavy atom. The van der Waals surface area contributed by atoms with Crippen molar-refractivity contribution in [3.8, 4) is 6.07 Å². The molecule has 0 N–H and O–H groups in total. The zero-order chi connectivity index (χ0) is 17.8. The lowest BCUT2D eigenvalue weighted by Gasteiger charge is -2.38. The number of likely N-dealkylation sites (tertiary alicyclic amines) is 1. The number of benzene rings is 2. The molecule has 0 radical (unpaired) electrons. The molecule has 1 atom stereocenters. The predicted octanol–water partition coefficient (Wildman–Crippen LogP) is 3.74. The van der Waals surface area contributed by atoms with Crippen molar-refractivity contribution in [2.24, 2.45) is 5.16 Å². The van der Waals surface area contributed by atoms with Crippen molar-refractivity contribution in [3.05, 3.63) is 71.8 Å². The van der Waals surface area contributed by atoms with Gasteiger partial charge in [-0.05, 0) is 24.0 Å². The van der Waals surface area contributed by atoms with E-state index in [0.717, 1.165) is 55.7 Å². The van der Waals surface area contributed by atoms with Gasteiger partial charge in [-0.15, -0.1) is 0 Å². The lowest BCUT2D eigenvalue weighted by atomic mass is 9.74. The molecule has 4 rings (SSSR count). The maximum Gasteiger partial charge on any atom is 0.145 e. The lowest BCUT2D eigenvalue weighted by molar-refractivity contribution is 0.0421. The molecule has 26 heavy (non-hydrogen) atoms. The molecule has 2 aliphatic heterocycles. The maximum absolute atomic E-state index is 9.81. The van der Waals surface area contributed by atoms with E-state index in [1.807, 2.05) is 36.4 Å². The fraction of sp³-hybridized carbons (Fsp3) is 0.364. The molecule has 1 saturated heterocycles. The Balaban J connectivity index is 1.33. The summed E-state index contributed by atoms with van der Waals surface area (Å²) in [5.41, 5.74) is 2.97. The van der Waals surface area contributed by atoms with E-state index >= 15 is 0 Å². The maximum atomic E-state index is 9.81. The van der Waals surface area contributed by atoms with E-state index in [4.69, 9.17) is 4.84 Å². The van der Waals surface area contributed by atoms with Crippen molar-refractivity contribution in [1.29, 1.82) is 5.26 Å². The van der Waals surface area contributed by atoms with Gasteiger partial charge in [0.2, 0.25) is 0 Å². The van der Waals surface area contributed by atoms with Crippen LogP contribution in [0.15, 0.2) is 65.8 Å². The van der Waals surface area contributed by atoms with Gasteiger partial charge in [-0.25, -0.2) is 0 Å². The van der Waals surface area contributed by atoms with E-state index in [0.29, 0.717) is 0 Å². The van der Waals surface area contributed by atoms with Crippen LogP contribution in [0.5, 0.6) is 0 Å². The summed E-state index contributed by atoms with van der Waals surface area (Å²) in [6, 6.07) is 23.0. The highest BCUT2D eigenvalue weighted by Crippen LogP contribution is 2.35. The molecule has 0 amide bonds. The summed E-state index contributed by atoms with van der Waals surface area (Å²) in [5, 5.41) is 14.1. The van der Waals surface area contributed by atoms with Crippen LogP contribution in [0.2, 0.25) is 0 Å². The Kier molecular flexibility index (Phi) is 4.73. The Morgan fingerprint density at radius 3 is 2.35 bits per heavy atom. The standard InChI is InChI=1S/C22H23N3O/c23-17-22(19-9-5-2-6-10-19)11-13-25(14-12-22)16-20-15-21(24-26-20)18-7-3-1-4-8-18/h1-10,20H,11-16H2. The van der Waals surface area contributed by atoms with Crippen LogP contribution in [0.4, 0.5) is 0 Å². The Bertz CT molecular complexity index is 802. The Hall–Kier alpha value is -2.64. The monoisotopic (exact) mass is 345 g/mol. The largest absolute Gasteiger partial charge is 0.390 e. The molecule has 0 aromatic heterocycles. The van der Waals surface area contributed by atoms with Gasteiger partial charge in [0.05, 0.1) is 17.2 Å². The van der Waals surface area contributed by atoms with Crippen LogP contribution in [0.1, 0.15) is 30.4 Å². The summed E-state index contributed by atoms with van der Waals surface area (Å²) in [6.07, 6.45) is 2.69. The second kappa shape index (κ2) is 7.31. The molecule has 2 heterocycles. The molecule has 0 aliphatic carbocycles. The quantitative estimate of drug-likeness (QED) is 0.848. The highest BCUT2D eigenvalue weighted by atomic mass is 16.6. The van der Waals surface area contributed by atoms with Crippen LogP contribution in [0.25, 0.3) is 0 Å². The molecular weight excluding hydrogens is 322 g/mol. The van der Waals surface area contributed by atoms with Crippen LogP contribution in [0.3, 0.4) is 0 Å². The summed E-state index contributed by atoms with van der Waals surface area (Å²) in [6.45, 7) is 2.71. The van der Waals surface area contributed by atoms with Gasteiger partial charge in [-0.2, -0.15) is 5.26 Å². The molecule has 4 nitrogen and oxygen atoms in total. The van der Waals surface area contributed by atoms with Crippen molar-refractivity contribution < 1.29 is 4.84 Å². The van der Waals surface area contributed by atoms with Crippen LogP contribution >= 0.6 is 0 Å². The van der Waals surface area contributed by atoms with Gasteiger partial charge < -0.3 is 4.84 Å². The average Bonchev–Trinajstić information content (AvgIpc) is 3.19. The first-order chi connectivity index (χ1) is 12.8. The van der Waals surface area contributed by atoms with Gasteiger partial charge in [0.1, 0.15) is 6.10 Å². The molecule has 4 heteroatoms. The first kappa shape index (κ1) is 16.8. The number of nitrogens with zero attached hydrogens (tertiary/aromatic N) is 3. The number of oxime groups is 1. The molecular formula is C22H23N3O. The van der Waals surface area contributed by atoms with Crippen LogP contribution < -0.4 is 0 Å². The SMILES string of the molecule is N#CC1(c2ccccc2)CCN(CC2CC(c3ccccc3)=NO2)CC1. The smallest absolute Gasteiger partial charge is 0.145 e. The number of rotatable bonds is 4. The fourth-order valence-electron chi connectivity index (χ4n) is 3.95. The van der Waals surface area contributed by atoms with Crippen molar-refractivity contribution in [2.75, 3.05) is 19.6 Å². The molecule has 132 valence electrons. The summed E-state index contributed by atoms with van der Waals surface area (Å²) >= 11 is 0. The molecule has 1 fully saturated rings. The van der Waals surface area contributed by atoms with Crippen LogP contribution in [-0.2, 0) is 10.3 Å². The van der Waals surface area contributed by atoms with Crippen molar-refractivity contribution in [3.63, 3.8) is 0 Å². The first-order valence-electron chi connectivity index (χ1n) is 9.26. The second-order valence-corrected chi connectivity index (χ2v) is 7.20. The van der Waals surface area contributed by atoms with E-state index < -0.39 is 0 Å². The molecule has 0 saturated carbocycles. The summed E-state index contributed by atoms with van der Waals surface area (Å²) < 4.78 is 0.